The van der Waals surface area contributed by atoms with Crippen LogP contribution in [-0.2, 0) is 4.79 Å². The zero-order valence-electron chi connectivity index (χ0n) is 17.7. The highest BCUT2D eigenvalue weighted by atomic mass is 16.5. The smallest absolute Gasteiger partial charge is 0.295 e. The number of carbonyl (C=O) groups excluding carboxylic acids is 1. The number of piperidine rings is 2. The lowest BCUT2D eigenvalue weighted by Gasteiger charge is -2.53. The Morgan fingerprint density at radius 2 is 2.16 bits per heavy atom. The summed E-state index contributed by atoms with van der Waals surface area (Å²) in [6, 6.07) is 8.31. The highest BCUT2D eigenvalue weighted by Gasteiger charge is 2.47. The van der Waals surface area contributed by atoms with Crippen LogP contribution < -0.4 is 15.0 Å². The van der Waals surface area contributed by atoms with Gasteiger partial charge >= 0.3 is 0 Å². The average Bonchev–Trinajstić information content (AvgIpc) is 3.25. The van der Waals surface area contributed by atoms with Gasteiger partial charge in [0.05, 0.1) is 30.1 Å². The Bertz CT molecular complexity index is 1250. The monoisotopic (exact) mass is 426 g/mol. The van der Waals surface area contributed by atoms with Gasteiger partial charge in [0, 0.05) is 36.5 Å². The molecule has 2 unspecified atom stereocenters. The first-order valence-electron chi connectivity index (χ1n) is 10.6. The summed E-state index contributed by atoms with van der Waals surface area (Å²) in [5.74, 6) is 4.16. The Hall–Kier alpha value is -4.04. The summed E-state index contributed by atoms with van der Waals surface area (Å²) in [7, 11) is 0. The van der Waals surface area contributed by atoms with Gasteiger partial charge in [-0.1, -0.05) is 0 Å². The SMILES string of the molecule is C#CC(=O)NC1C2CC1CN(c1ccc(-c3cc(OCC)cn4ncc(C#N)c34)cn1)C2. The van der Waals surface area contributed by atoms with E-state index in [1.54, 1.807) is 16.9 Å². The van der Waals surface area contributed by atoms with Crippen molar-refractivity contribution in [3.05, 3.63) is 42.4 Å². The molecule has 6 rings (SSSR count). The predicted molar refractivity (Wildman–Crippen MR) is 119 cm³/mol. The van der Waals surface area contributed by atoms with E-state index in [2.05, 4.69) is 27.3 Å². The van der Waals surface area contributed by atoms with Crippen LogP contribution in [0.2, 0.25) is 0 Å². The highest BCUT2D eigenvalue weighted by molar-refractivity contribution is 5.93. The number of hydrogen-bond acceptors (Lipinski definition) is 6. The summed E-state index contributed by atoms with van der Waals surface area (Å²) in [4.78, 5) is 18.5. The molecule has 8 heteroatoms. The van der Waals surface area contributed by atoms with Gasteiger partial charge < -0.3 is 15.0 Å². The average molecular weight is 426 g/mol. The number of pyridine rings is 2. The van der Waals surface area contributed by atoms with Crippen molar-refractivity contribution in [2.45, 2.75) is 19.4 Å². The Morgan fingerprint density at radius 1 is 1.34 bits per heavy atom. The molecule has 0 aromatic carbocycles. The quantitative estimate of drug-likeness (QED) is 0.629. The summed E-state index contributed by atoms with van der Waals surface area (Å²) in [5.41, 5.74) is 2.97. The van der Waals surface area contributed by atoms with Gasteiger partial charge in [-0.05, 0) is 49.3 Å². The fourth-order valence-electron chi connectivity index (χ4n) is 4.88. The van der Waals surface area contributed by atoms with Crippen molar-refractivity contribution in [3.63, 3.8) is 0 Å². The van der Waals surface area contributed by atoms with E-state index in [1.165, 1.54) is 0 Å². The lowest BCUT2D eigenvalue weighted by atomic mass is 9.66. The number of rotatable bonds is 5. The number of aromatic nitrogens is 3. The first kappa shape index (κ1) is 19.9. The fourth-order valence-corrected chi connectivity index (χ4v) is 4.88. The minimum Gasteiger partial charge on any atom is -0.492 e. The second kappa shape index (κ2) is 7.90. The highest BCUT2D eigenvalue weighted by Crippen LogP contribution is 2.41. The van der Waals surface area contributed by atoms with Gasteiger partial charge in [-0.2, -0.15) is 10.4 Å². The number of hydrogen-bond donors (Lipinski definition) is 1. The van der Waals surface area contributed by atoms with E-state index in [0.717, 1.165) is 42.0 Å². The van der Waals surface area contributed by atoms with Crippen LogP contribution >= 0.6 is 0 Å². The van der Waals surface area contributed by atoms with Crippen LogP contribution in [0.25, 0.3) is 16.6 Å². The number of anilines is 1. The molecule has 3 aromatic rings. The molecule has 3 aromatic heterocycles. The largest absolute Gasteiger partial charge is 0.492 e. The van der Waals surface area contributed by atoms with Crippen molar-refractivity contribution in [1.29, 1.82) is 5.26 Å². The van der Waals surface area contributed by atoms with Crippen molar-refractivity contribution in [2.24, 2.45) is 11.8 Å². The maximum atomic E-state index is 11.5. The van der Waals surface area contributed by atoms with Crippen LogP contribution in [0, 0.1) is 35.5 Å². The Balaban J connectivity index is 1.40. The van der Waals surface area contributed by atoms with E-state index in [9.17, 15) is 10.1 Å². The van der Waals surface area contributed by atoms with Crippen LogP contribution in [0.5, 0.6) is 5.75 Å². The molecule has 5 heterocycles. The fraction of sp³-hybridized carbons (Fsp3) is 0.333. The summed E-state index contributed by atoms with van der Waals surface area (Å²) >= 11 is 0. The van der Waals surface area contributed by atoms with Crippen molar-refractivity contribution in [3.8, 4) is 35.3 Å². The van der Waals surface area contributed by atoms with Gasteiger partial charge in [0.1, 0.15) is 17.6 Å². The second-order valence-electron chi connectivity index (χ2n) is 8.20. The van der Waals surface area contributed by atoms with Crippen molar-refractivity contribution < 1.29 is 9.53 Å². The minimum absolute atomic E-state index is 0.162. The molecule has 2 bridgehead atoms. The molecule has 1 amide bonds. The summed E-state index contributed by atoms with van der Waals surface area (Å²) < 4.78 is 7.36. The zero-order chi connectivity index (χ0) is 22.2. The number of fused-ring (bicyclic) bond motifs is 3. The minimum atomic E-state index is -0.335. The molecule has 1 N–H and O–H groups in total. The van der Waals surface area contributed by atoms with Crippen LogP contribution in [-0.4, -0.2) is 46.2 Å². The van der Waals surface area contributed by atoms with Gasteiger partial charge in [-0.15, -0.1) is 6.42 Å². The summed E-state index contributed by atoms with van der Waals surface area (Å²) in [6.07, 6.45) is 11.5. The van der Waals surface area contributed by atoms with E-state index < -0.39 is 0 Å². The molecule has 2 aliphatic heterocycles. The maximum absolute atomic E-state index is 11.5. The van der Waals surface area contributed by atoms with Crippen LogP contribution in [0.4, 0.5) is 5.82 Å². The molecule has 1 aliphatic carbocycles. The number of nitrogens with zero attached hydrogens (tertiary/aromatic N) is 5. The molecule has 1 saturated carbocycles. The maximum Gasteiger partial charge on any atom is 0.295 e. The van der Waals surface area contributed by atoms with Crippen LogP contribution in [0.15, 0.2) is 36.8 Å². The normalized spacial score (nSPS) is 21.3. The molecule has 8 nitrogen and oxygen atoms in total. The van der Waals surface area contributed by atoms with Gasteiger partial charge in [0.25, 0.3) is 5.91 Å². The lowest BCUT2D eigenvalue weighted by molar-refractivity contribution is -0.118. The van der Waals surface area contributed by atoms with Gasteiger partial charge in [0.15, 0.2) is 0 Å². The molecule has 0 spiro atoms. The van der Waals surface area contributed by atoms with E-state index in [0.29, 0.717) is 29.8 Å². The van der Waals surface area contributed by atoms with Gasteiger partial charge in [0.2, 0.25) is 0 Å². The molecule has 2 atom stereocenters. The third kappa shape index (κ3) is 3.30. The van der Waals surface area contributed by atoms with Crippen LogP contribution in [0.1, 0.15) is 18.9 Å². The summed E-state index contributed by atoms with van der Waals surface area (Å²) in [5, 5.41) is 16.8. The standard InChI is InChI=1S/C24H22N6O2/c1-3-22(31)28-23-16-7-17(23)13-29(12-16)21-6-5-15(10-26-21)20-8-19(32-4-2)14-30-24(20)18(9-25)11-27-30/h1,5-6,8,10-11,14,16-17,23H,4,7,12-13H2,2H3,(H,28,31). The van der Waals surface area contributed by atoms with Crippen molar-refractivity contribution >= 4 is 17.2 Å². The number of carbonyl (C=O) groups is 1. The second-order valence-corrected chi connectivity index (χ2v) is 8.20. The molecule has 3 aliphatic rings. The van der Waals surface area contributed by atoms with E-state index in [4.69, 9.17) is 16.1 Å². The molecule has 2 saturated heterocycles. The molecular formula is C24H22N6O2. The molecular weight excluding hydrogens is 404 g/mol. The molecule has 160 valence electrons. The first-order chi connectivity index (χ1) is 15.6. The number of terminal acetylenes is 1. The zero-order valence-corrected chi connectivity index (χ0v) is 17.7. The van der Waals surface area contributed by atoms with Crippen LogP contribution in [0.3, 0.4) is 0 Å². The Labute approximate surface area is 185 Å². The lowest BCUT2D eigenvalue weighted by Crippen LogP contribution is -2.64. The Morgan fingerprint density at radius 3 is 2.81 bits per heavy atom. The predicted octanol–water partition coefficient (Wildman–Crippen LogP) is 2.24. The van der Waals surface area contributed by atoms with Crippen molar-refractivity contribution in [1.82, 2.24) is 19.9 Å². The number of nitriles is 1. The van der Waals surface area contributed by atoms with E-state index >= 15 is 0 Å². The number of ether oxygens (including phenoxy) is 1. The van der Waals surface area contributed by atoms with Gasteiger partial charge in [-0.3, -0.25) is 4.79 Å². The Kier molecular flexibility index (Phi) is 4.91. The first-order valence-corrected chi connectivity index (χ1v) is 10.6. The molecule has 3 fully saturated rings. The third-order valence-electron chi connectivity index (χ3n) is 6.36. The topological polar surface area (TPSA) is 95.5 Å². The molecule has 32 heavy (non-hydrogen) atoms. The van der Waals surface area contributed by atoms with Crippen molar-refractivity contribution in [2.75, 3.05) is 24.6 Å². The van der Waals surface area contributed by atoms with E-state index in [1.807, 2.05) is 31.3 Å². The number of amides is 1. The number of nitrogens with one attached hydrogen (secondary N) is 1. The van der Waals surface area contributed by atoms with E-state index in [-0.39, 0.29) is 11.9 Å². The molecule has 0 radical (unpaired) electrons. The third-order valence-corrected chi connectivity index (χ3v) is 6.36. The summed E-state index contributed by atoms with van der Waals surface area (Å²) in [6.45, 7) is 4.14. The van der Waals surface area contributed by atoms with Gasteiger partial charge in [-0.25, -0.2) is 9.50 Å².